The number of anilines is 1. The van der Waals surface area contributed by atoms with Gasteiger partial charge in [0, 0.05) is 30.6 Å². The van der Waals surface area contributed by atoms with E-state index in [0.717, 1.165) is 32.0 Å². The molecule has 1 heterocycles. The van der Waals surface area contributed by atoms with E-state index in [2.05, 4.69) is 44.1 Å². The van der Waals surface area contributed by atoms with Gasteiger partial charge in [-0.25, -0.2) is 0 Å². The largest absolute Gasteiger partial charge is 0.380 e. The average Bonchev–Trinajstić information content (AvgIpc) is 2.44. The molecule has 122 valence electrons. The molecule has 0 atom stereocenters. The van der Waals surface area contributed by atoms with Gasteiger partial charge in [0.1, 0.15) is 0 Å². The summed E-state index contributed by atoms with van der Waals surface area (Å²) in [5, 5.41) is 3.05. The van der Waals surface area contributed by atoms with E-state index in [-0.39, 0.29) is 11.3 Å². The van der Waals surface area contributed by atoms with Gasteiger partial charge in [-0.1, -0.05) is 39.0 Å². The Morgan fingerprint density at radius 2 is 2.05 bits per heavy atom. The van der Waals surface area contributed by atoms with Crippen molar-refractivity contribution in [2.24, 2.45) is 5.41 Å². The van der Waals surface area contributed by atoms with E-state index in [1.54, 1.807) is 0 Å². The summed E-state index contributed by atoms with van der Waals surface area (Å²) in [6, 6.07) is 8.03. The average molecular weight is 304 g/mol. The smallest absolute Gasteiger partial charge is 0.225 e. The van der Waals surface area contributed by atoms with Gasteiger partial charge in [-0.2, -0.15) is 0 Å². The molecule has 1 aliphatic rings. The quantitative estimate of drug-likeness (QED) is 0.841. The molecule has 0 bridgehead atoms. The van der Waals surface area contributed by atoms with Crippen LogP contribution in [0.5, 0.6) is 0 Å². The van der Waals surface area contributed by atoms with Crippen LogP contribution < -0.4 is 5.32 Å². The zero-order valence-corrected chi connectivity index (χ0v) is 14.2. The minimum absolute atomic E-state index is 0.0787. The second-order valence-corrected chi connectivity index (χ2v) is 7.08. The van der Waals surface area contributed by atoms with Crippen LogP contribution in [-0.4, -0.2) is 44.2 Å². The normalized spacial score (nSPS) is 16.6. The number of hydrogen-bond donors (Lipinski definition) is 1. The molecule has 1 aliphatic heterocycles. The number of nitrogens with one attached hydrogen (secondary N) is 1. The Bertz CT molecular complexity index is 510. The molecule has 22 heavy (non-hydrogen) atoms. The van der Waals surface area contributed by atoms with Crippen molar-refractivity contribution in [1.29, 1.82) is 0 Å². The van der Waals surface area contributed by atoms with Crippen molar-refractivity contribution < 1.29 is 9.53 Å². The van der Waals surface area contributed by atoms with Gasteiger partial charge < -0.3 is 15.0 Å². The number of para-hydroxylation sites is 1. The second-order valence-electron chi connectivity index (χ2n) is 7.08. The summed E-state index contributed by atoms with van der Waals surface area (Å²) in [5.74, 6) is 0.479. The van der Waals surface area contributed by atoms with E-state index < -0.39 is 0 Å². The summed E-state index contributed by atoms with van der Waals surface area (Å²) in [4.78, 5) is 14.4. The summed E-state index contributed by atoms with van der Waals surface area (Å²) in [6.07, 6.45) is 0.514. The first-order chi connectivity index (χ1) is 10.4. The molecular weight excluding hydrogens is 276 g/mol. The van der Waals surface area contributed by atoms with Crippen LogP contribution in [0.4, 0.5) is 5.69 Å². The fraction of sp³-hybridized carbons (Fsp3) is 0.611. The van der Waals surface area contributed by atoms with Crippen molar-refractivity contribution >= 4 is 11.6 Å². The van der Waals surface area contributed by atoms with E-state index >= 15 is 0 Å². The molecule has 1 amide bonds. The molecule has 1 aromatic rings. The molecule has 1 fully saturated rings. The van der Waals surface area contributed by atoms with Crippen LogP contribution in [0, 0.1) is 5.41 Å². The van der Waals surface area contributed by atoms with Gasteiger partial charge >= 0.3 is 0 Å². The number of ether oxygens (including phenoxy) is 1. The predicted octanol–water partition coefficient (Wildman–Crippen LogP) is 3.11. The molecule has 1 aromatic carbocycles. The SMILES string of the molecule is CC(C)c1ccccc1NC(=O)CCN(C)CC1(C)COC1. The monoisotopic (exact) mass is 304 g/mol. The van der Waals surface area contributed by atoms with E-state index in [9.17, 15) is 4.79 Å². The van der Waals surface area contributed by atoms with E-state index in [0.29, 0.717) is 12.3 Å². The molecular formula is C18H28N2O2. The minimum atomic E-state index is 0.0787. The van der Waals surface area contributed by atoms with Crippen LogP contribution >= 0.6 is 0 Å². The molecule has 0 spiro atoms. The Hall–Kier alpha value is -1.39. The van der Waals surface area contributed by atoms with Gasteiger partial charge in [0.15, 0.2) is 0 Å². The number of hydrogen-bond acceptors (Lipinski definition) is 3. The topological polar surface area (TPSA) is 41.6 Å². The Balaban J connectivity index is 1.80. The second kappa shape index (κ2) is 7.25. The number of amides is 1. The lowest BCUT2D eigenvalue weighted by molar-refractivity contribution is -0.119. The molecule has 2 rings (SSSR count). The van der Waals surface area contributed by atoms with Crippen LogP contribution in [0.2, 0.25) is 0 Å². The maximum Gasteiger partial charge on any atom is 0.225 e. The summed E-state index contributed by atoms with van der Waals surface area (Å²) < 4.78 is 5.27. The van der Waals surface area contributed by atoms with Crippen LogP contribution in [0.3, 0.4) is 0 Å². The molecule has 0 aromatic heterocycles. The maximum absolute atomic E-state index is 12.2. The van der Waals surface area contributed by atoms with Crippen molar-refractivity contribution in [3.05, 3.63) is 29.8 Å². The third-order valence-corrected chi connectivity index (χ3v) is 4.13. The maximum atomic E-state index is 12.2. The molecule has 0 unspecified atom stereocenters. The standard InChI is InChI=1S/C18H28N2O2/c1-14(2)15-7-5-6-8-16(15)19-17(21)9-10-20(4)11-18(3)12-22-13-18/h5-8,14H,9-13H2,1-4H3,(H,19,21). The third kappa shape index (κ3) is 4.55. The summed E-state index contributed by atoms with van der Waals surface area (Å²) >= 11 is 0. The number of benzene rings is 1. The van der Waals surface area contributed by atoms with Crippen molar-refractivity contribution in [2.75, 3.05) is 38.7 Å². The van der Waals surface area contributed by atoms with Gasteiger partial charge in [-0.3, -0.25) is 4.79 Å². The first-order valence-corrected chi connectivity index (χ1v) is 8.05. The van der Waals surface area contributed by atoms with Crippen molar-refractivity contribution in [3.8, 4) is 0 Å². The summed E-state index contributed by atoms with van der Waals surface area (Å²) in [7, 11) is 2.07. The molecule has 4 nitrogen and oxygen atoms in total. The Labute approximate surface area is 133 Å². The van der Waals surface area contributed by atoms with Crippen LogP contribution in [-0.2, 0) is 9.53 Å². The van der Waals surface area contributed by atoms with E-state index in [4.69, 9.17) is 4.74 Å². The fourth-order valence-corrected chi connectivity index (χ4v) is 2.89. The lowest BCUT2D eigenvalue weighted by Crippen LogP contribution is -2.48. The van der Waals surface area contributed by atoms with Gasteiger partial charge in [0.2, 0.25) is 5.91 Å². The molecule has 4 heteroatoms. The molecule has 0 saturated carbocycles. The highest BCUT2D eigenvalue weighted by Crippen LogP contribution is 2.27. The zero-order valence-electron chi connectivity index (χ0n) is 14.2. The van der Waals surface area contributed by atoms with Crippen molar-refractivity contribution in [2.45, 2.75) is 33.1 Å². The first kappa shape index (κ1) is 17.0. The molecule has 1 saturated heterocycles. The van der Waals surface area contributed by atoms with Gasteiger partial charge in [-0.05, 0) is 24.6 Å². The Kier molecular flexibility index (Phi) is 5.59. The number of carbonyl (C=O) groups is 1. The van der Waals surface area contributed by atoms with Gasteiger partial charge in [0.25, 0.3) is 0 Å². The predicted molar refractivity (Wildman–Crippen MR) is 90.2 cm³/mol. The van der Waals surface area contributed by atoms with E-state index in [1.807, 2.05) is 18.2 Å². The number of rotatable bonds is 7. The highest BCUT2D eigenvalue weighted by molar-refractivity contribution is 5.91. The summed E-state index contributed by atoms with van der Waals surface area (Å²) in [6.45, 7) is 9.90. The third-order valence-electron chi connectivity index (χ3n) is 4.13. The zero-order chi connectivity index (χ0) is 16.2. The highest BCUT2D eigenvalue weighted by Gasteiger charge is 2.34. The first-order valence-electron chi connectivity index (χ1n) is 8.05. The summed E-state index contributed by atoms with van der Waals surface area (Å²) in [5.41, 5.74) is 2.38. The van der Waals surface area contributed by atoms with Crippen LogP contribution in [0.15, 0.2) is 24.3 Å². The highest BCUT2D eigenvalue weighted by atomic mass is 16.5. The molecule has 0 aliphatic carbocycles. The van der Waals surface area contributed by atoms with Crippen molar-refractivity contribution in [1.82, 2.24) is 4.90 Å². The Morgan fingerprint density at radius 3 is 2.64 bits per heavy atom. The Morgan fingerprint density at radius 1 is 1.36 bits per heavy atom. The van der Waals surface area contributed by atoms with E-state index in [1.165, 1.54) is 5.56 Å². The lowest BCUT2D eigenvalue weighted by Gasteiger charge is -2.40. The van der Waals surface area contributed by atoms with Crippen LogP contribution in [0.1, 0.15) is 38.7 Å². The van der Waals surface area contributed by atoms with Crippen molar-refractivity contribution in [3.63, 3.8) is 0 Å². The molecule has 0 radical (unpaired) electrons. The molecule has 1 N–H and O–H groups in total. The minimum Gasteiger partial charge on any atom is -0.380 e. The fourth-order valence-electron chi connectivity index (χ4n) is 2.89. The van der Waals surface area contributed by atoms with Crippen LogP contribution in [0.25, 0.3) is 0 Å². The lowest BCUT2D eigenvalue weighted by atomic mass is 9.88. The van der Waals surface area contributed by atoms with Gasteiger partial charge in [-0.15, -0.1) is 0 Å². The van der Waals surface area contributed by atoms with Gasteiger partial charge in [0.05, 0.1) is 13.2 Å². The number of carbonyl (C=O) groups excluding carboxylic acids is 1. The number of nitrogens with zero attached hydrogens (tertiary/aromatic N) is 1.